The Morgan fingerprint density at radius 3 is 2.53 bits per heavy atom. The van der Waals surface area contributed by atoms with E-state index in [4.69, 9.17) is 20.9 Å². The number of amides is 1. The second-order valence-electron chi connectivity index (χ2n) is 9.88. The lowest BCUT2D eigenvalue weighted by Crippen LogP contribution is -2.50. The van der Waals surface area contributed by atoms with Gasteiger partial charge in [-0.15, -0.1) is 0 Å². The van der Waals surface area contributed by atoms with Gasteiger partial charge in [-0.05, 0) is 68.7 Å². The number of imidazole rings is 1. The van der Waals surface area contributed by atoms with Crippen molar-refractivity contribution in [1.29, 1.82) is 5.41 Å². The fraction of sp³-hybridized carbons (Fsp3) is 0.429. The summed E-state index contributed by atoms with van der Waals surface area (Å²) in [5, 5.41) is 14.1. The summed E-state index contributed by atoms with van der Waals surface area (Å²) in [6, 6.07) is 13.4. The number of likely N-dealkylation sites (tertiary alicyclic amines) is 1. The van der Waals surface area contributed by atoms with Crippen LogP contribution in [0.3, 0.4) is 0 Å². The Balaban J connectivity index is 1.56. The number of carbonyl (C=O) groups is 2. The van der Waals surface area contributed by atoms with E-state index in [1.807, 2.05) is 53.8 Å². The van der Waals surface area contributed by atoms with Crippen molar-refractivity contribution in [3.8, 4) is 0 Å². The monoisotopic (exact) mass is 519 g/mol. The third-order valence-electron chi connectivity index (χ3n) is 7.18. The molecule has 202 valence electrons. The van der Waals surface area contributed by atoms with Crippen molar-refractivity contribution < 1.29 is 14.3 Å². The quantitative estimate of drug-likeness (QED) is 0.173. The van der Waals surface area contributed by atoms with Gasteiger partial charge in [0.2, 0.25) is 5.91 Å². The fourth-order valence-corrected chi connectivity index (χ4v) is 4.90. The van der Waals surface area contributed by atoms with Crippen molar-refractivity contribution in [2.75, 3.05) is 38.1 Å². The van der Waals surface area contributed by atoms with Crippen molar-refractivity contribution in [2.45, 2.75) is 38.6 Å². The third kappa shape index (κ3) is 5.80. The number of aryl methyl sites for hydroxylation is 1. The summed E-state index contributed by atoms with van der Waals surface area (Å²) in [5.74, 6) is 0.601. The maximum absolute atomic E-state index is 13.7. The Labute approximate surface area is 223 Å². The molecule has 1 aromatic heterocycles. The average molecular weight is 520 g/mol. The number of nitrogens with one attached hydrogen (secondary N) is 3. The summed E-state index contributed by atoms with van der Waals surface area (Å²) in [4.78, 5) is 32.4. The minimum Gasteiger partial charge on any atom is -0.465 e. The number of amidine groups is 1. The highest BCUT2D eigenvalue weighted by molar-refractivity contribution is 5.95. The predicted octanol–water partition coefficient (Wildman–Crippen LogP) is 2.50. The standard InChI is InChI=1S/C28H37N7O3/c1-4-38-25(36)17-31-18-28(2,27(37)35-13-5-6-14-35)20-9-12-23-22(15-20)33-24(34(23)3)16-32-21-10-7-19(8-11-21)26(29)30/h7-12,15,31-32H,4-6,13-14,16-18H2,1-3H3,(H3,29,30). The van der Waals surface area contributed by atoms with E-state index in [2.05, 4.69) is 10.6 Å². The molecule has 1 aliphatic rings. The second kappa shape index (κ2) is 11.6. The fourth-order valence-electron chi connectivity index (χ4n) is 4.90. The van der Waals surface area contributed by atoms with Gasteiger partial charge in [-0.2, -0.15) is 0 Å². The summed E-state index contributed by atoms with van der Waals surface area (Å²) in [5.41, 5.74) is 8.89. The molecule has 1 fully saturated rings. The highest BCUT2D eigenvalue weighted by atomic mass is 16.5. The number of nitrogens with two attached hydrogens (primary N) is 1. The van der Waals surface area contributed by atoms with E-state index < -0.39 is 5.41 Å². The van der Waals surface area contributed by atoms with Gasteiger partial charge < -0.3 is 30.6 Å². The van der Waals surface area contributed by atoms with Gasteiger partial charge in [0.25, 0.3) is 0 Å². The van der Waals surface area contributed by atoms with Crippen molar-refractivity contribution in [2.24, 2.45) is 12.8 Å². The van der Waals surface area contributed by atoms with Crippen molar-refractivity contribution in [3.05, 3.63) is 59.4 Å². The van der Waals surface area contributed by atoms with E-state index >= 15 is 0 Å². The van der Waals surface area contributed by atoms with Gasteiger partial charge in [0.05, 0.1) is 36.1 Å². The number of fused-ring (bicyclic) bond motifs is 1. The van der Waals surface area contributed by atoms with Crippen LogP contribution in [0.4, 0.5) is 5.69 Å². The SMILES string of the molecule is CCOC(=O)CNCC(C)(C(=O)N1CCCC1)c1ccc2c(c1)nc(CNc1ccc(C(=N)N)cc1)n2C. The number of anilines is 1. The lowest BCUT2D eigenvalue weighted by atomic mass is 9.80. The molecule has 5 N–H and O–H groups in total. The molecule has 1 saturated heterocycles. The molecule has 1 aliphatic heterocycles. The summed E-state index contributed by atoms with van der Waals surface area (Å²) in [6.45, 7) is 6.39. The highest BCUT2D eigenvalue weighted by Gasteiger charge is 2.39. The first-order chi connectivity index (χ1) is 18.2. The van der Waals surface area contributed by atoms with E-state index in [0.29, 0.717) is 25.3 Å². The Morgan fingerprint density at radius 1 is 1.16 bits per heavy atom. The number of hydrogen-bond donors (Lipinski definition) is 4. The van der Waals surface area contributed by atoms with Crippen LogP contribution in [0.15, 0.2) is 42.5 Å². The molecule has 2 aromatic carbocycles. The van der Waals surface area contributed by atoms with Gasteiger partial charge in [-0.25, -0.2) is 4.98 Å². The molecule has 1 atom stereocenters. The summed E-state index contributed by atoms with van der Waals surface area (Å²) < 4.78 is 7.07. The van der Waals surface area contributed by atoms with Crippen LogP contribution in [0.1, 0.15) is 43.6 Å². The number of nitrogen functional groups attached to an aromatic ring is 1. The van der Waals surface area contributed by atoms with Crippen LogP contribution in [-0.4, -0.2) is 64.9 Å². The number of aromatic nitrogens is 2. The van der Waals surface area contributed by atoms with Crippen molar-refractivity contribution >= 4 is 34.4 Å². The van der Waals surface area contributed by atoms with Crippen molar-refractivity contribution in [3.63, 3.8) is 0 Å². The minimum atomic E-state index is -0.862. The molecule has 38 heavy (non-hydrogen) atoms. The number of ether oxygens (including phenoxy) is 1. The van der Waals surface area contributed by atoms with Crippen LogP contribution in [0.5, 0.6) is 0 Å². The second-order valence-corrected chi connectivity index (χ2v) is 9.88. The van der Waals surface area contributed by atoms with Crippen LogP contribution in [0.25, 0.3) is 11.0 Å². The summed E-state index contributed by atoms with van der Waals surface area (Å²) in [6.07, 6.45) is 2.01. The van der Waals surface area contributed by atoms with Crippen LogP contribution < -0.4 is 16.4 Å². The molecule has 0 bridgehead atoms. The molecule has 0 radical (unpaired) electrons. The number of esters is 1. The van der Waals surface area contributed by atoms with Gasteiger partial charge in [0.15, 0.2) is 0 Å². The van der Waals surface area contributed by atoms with E-state index in [-0.39, 0.29) is 24.3 Å². The van der Waals surface area contributed by atoms with E-state index in [9.17, 15) is 9.59 Å². The zero-order valence-corrected chi connectivity index (χ0v) is 22.3. The number of carbonyl (C=O) groups excluding carboxylic acids is 2. The minimum absolute atomic E-state index is 0.0361. The molecule has 3 aromatic rings. The largest absolute Gasteiger partial charge is 0.465 e. The van der Waals surface area contributed by atoms with Gasteiger partial charge in [-0.3, -0.25) is 15.0 Å². The molecule has 10 heteroatoms. The number of hydrogen-bond acceptors (Lipinski definition) is 7. The van der Waals surface area contributed by atoms with Gasteiger partial charge in [0, 0.05) is 37.9 Å². The Hall–Kier alpha value is -3.92. The lowest BCUT2D eigenvalue weighted by Gasteiger charge is -2.33. The smallest absolute Gasteiger partial charge is 0.319 e. The van der Waals surface area contributed by atoms with E-state index in [1.54, 1.807) is 19.1 Å². The van der Waals surface area contributed by atoms with Crippen LogP contribution in [0, 0.1) is 5.41 Å². The van der Waals surface area contributed by atoms with Crippen LogP contribution >= 0.6 is 0 Å². The highest BCUT2D eigenvalue weighted by Crippen LogP contribution is 2.30. The molecule has 1 amide bonds. The maximum Gasteiger partial charge on any atom is 0.319 e. The first-order valence-corrected chi connectivity index (χ1v) is 13.0. The molecular formula is C28H37N7O3. The van der Waals surface area contributed by atoms with Gasteiger partial charge in [0.1, 0.15) is 11.7 Å². The molecular weight excluding hydrogens is 482 g/mol. The van der Waals surface area contributed by atoms with Gasteiger partial charge in [-0.1, -0.05) is 6.07 Å². The Bertz CT molecular complexity index is 1310. The maximum atomic E-state index is 13.7. The van der Waals surface area contributed by atoms with Crippen LogP contribution in [-0.2, 0) is 33.3 Å². The van der Waals surface area contributed by atoms with Gasteiger partial charge >= 0.3 is 5.97 Å². The molecule has 0 saturated carbocycles. The summed E-state index contributed by atoms with van der Waals surface area (Å²) >= 11 is 0. The normalized spacial score (nSPS) is 14.9. The average Bonchev–Trinajstić information content (AvgIpc) is 3.55. The van der Waals surface area contributed by atoms with Crippen molar-refractivity contribution in [1.82, 2.24) is 19.8 Å². The van der Waals surface area contributed by atoms with Crippen LogP contribution in [0.2, 0.25) is 0 Å². The number of benzene rings is 2. The van der Waals surface area contributed by atoms with E-state index in [1.165, 1.54) is 0 Å². The zero-order valence-electron chi connectivity index (χ0n) is 22.3. The molecule has 0 spiro atoms. The number of rotatable bonds is 11. The Kier molecular flexibility index (Phi) is 8.31. The first kappa shape index (κ1) is 27.1. The topological polar surface area (TPSA) is 138 Å². The van der Waals surface area contributed by atoms with E-state index in [0.717, 1.165) is 54.0 Å². The number of nitrogens with zero attached hydrogens (tertiary/aromatic N) is 3. The molecule has 0 aliphatic carbocycles. The lowest BCUT2D eigenvalue weighted by molar-refractivity contribution is -0.142. The first-order valence-electron chi connectivity index (χ1n) is 13.0. The third-order valence-corrected chi connectivity index (χ3v) is 7.18. The predicted molar refractivity (Wildman–Crippen MR) is 148 cm³/mol. The molecule has 4 rings (SSSR count). The molecule has 1 unspecified atom stereocenters. The molecule has 2 heterocycles. The summed E-state index contributed by atoms with van der Waals surface area (Å²) in [7, 11) is 1.97. The zero-order chi connectivity index (χ0) is 27.3. The Morgan fingerprint density at radius 2 is 1.87 bits per heavy atom. The molecule has 10 nitrogen and oxygen atoms in total.